The Labute approximate surface area is 133 Å². The molecule has 6 nitrogen and oxygen atoms in total. The Morgan fingerprint density at radius 1 is 1.23 bits per heavy atom. The minimum Gasteiger partial charge on any atom is -0.465 e. The second-order valence-electron chi connectivity index (χ2n) is 5.80. The van der Waals surface area contributed by atoms with Gasteiger partial charge in [-0.1, -0.05) is 23.7 Å². The summed E-state index contributed by atoms with van der Waals surface area (Å²) >= 11 is 6.02. The molecule has 2 aliphatic heterocycles. The van der Waals surface area contributed by atoms with Crippen LogP contribution in [0.15, 0.2) is 24.3 Å². The number of nitrogens with zero attached hydrogens (tertiary/aromatic N) is 2. The van der Waals surface area contributed by atoms with E-state index < -0.39 is 6.09 Å². The Bertz CT molecular complexity index is 581. The number of fused-ring (bicyclic) bond motifs is 2. The number of carbonyl (C=O) groups is 2. The molecule has 2 heterocycles. The van der Waals surface area contributed by atoms with Gasteiger partial charge >= 0.3 is 6.09 Å². The number of halogens is 1. The van der Waals surface area contributed by atoms with Crippen molar-refractivity contribution in [3.8, 4) is 0 Å². The molecule has 0 radical (unpaired) electrons. The van der Waals surface area contributed by atoms with Gasteiger partial charge in [-0.2, -0.15) is 0 Å². The van der Waals surface area contributed by atoms with Crippen molar-refractivity contribution in [1.82, 2.24) is 9.80 Å². The topological polar surface area (TPSA) is 72.9 Å². The van der Waals surface area contributed by atoms with E-state index in [4.69, 9.17) is 11.6 Å². The average molecular weight is 324 g/mol. The lowest BCUT2D eigenvalue weighted by atomic mass is 10.2. The lowest BCUT2D eigenvalue weighted by molar-refractivity contribution is -0.118. The molecule has 1 aromatic carbocycles. The van der Waals surface area contributed by atoms with E-state index in [9.17, 15) is 14.7 Å². The number of hydrogen-bond acceptors (Lipinski definition) is 3. The maximum atomic E-state index is 12.1. The number of piperazine rings is 1. The van der Waals surface area contributed by atoms with Crippen LogP contribution in [0.1, 0.15) is 12.8 Å². The fraction of sp³-hybridized carbons (Fsp3) is 0.467. The first-order valence-electron chi connectivity index (χ1n) is 7.32. The Hall–Kier alpha value is -1.79. The Kier molecular flexibility index (Phi) is 4.22. The van der Waals surface area contributed by atoms with Gasteiger partial charge in [0.05, 0.1) is 17.3 Å². The number of amides is 2. The molecule has 3 rings (SSSR count). The average Bonchev–Trinajstić information content (AvgIpc) is 2.74. The Balaban J connectivity index is 1.58. The van der Waals surface area contributed by atoms with Crippen molar-refractivity contribution in [2.75, 3.05) is 25.0 Å². The van der Waals surface area contributed by atoms with Gasteiger partial charge in [-0.05, 0) is 25.0 Å². The maximum absolute atomic E-state index is 12.1. The molecule has 0 spiro atoms. The molecule has 0 aromatic heterocycles. The molecular formula is C15H18ClN3O3. The van der Waals surface area contributed by atoms with Gasteiger partial charge < -0.3 is 10.4 Å². The first-order valence-corrected chi connectivity index (χ1v) is 7.70. The van der Waals surface area contributed by atoms with Crippen molar-refractivity contribution in [3.63, 3.8) is 0 Å². The van der Waals surface area contributed by atoms with E-state index in [-0.39, 0.29) is 24.5 Å². The van der Waals surface area contributed by atoms with Gasteiger partial charge in [0.25, 0.3) is 0 Å². The molecule has 118 valence electrons. The third kappa shape index (κ3) is 3.03. The van der Waals surface area contributed by atoms with Crippen LogP contribution in [0.3, 0.4) is 0 Å². The third-order valence-corrected chi connectivity index (χ3v) is 4.62. The molecule has 22 heavy (non-hydrogen) atoms. The quantitative estimate of drug-likeness (QED) is 0.893. The van der Waals surface area contributed by atoms with Crippen LogP contribution < -0.4 is 5.32 Å². The lowest BCUT2D eigenvalue weighted by Crippen LogP contribution is -2.56. The van der Waals surface area contributed by atoms with E-state index in [0.717, 1.165) is 12.8 Å². The van der Waals surface area contributed by atoms with E-state index in [1.165, 1.54) is 0 Å². The number of anilines is 1. The molecule has 2 bridgehead atoms. The summed E-state index contributed by atoms with van der Waals surface area (Å²) in [6.45, 7) is 1.48. The van der Waals surface area contributed by atoms with Crippen LogP contribution in [0.2, 0.25) is 5.02 Å². The first kappa shape index (κ1) is 15.1. The zero-order chi connectivity index (χ0) is 15.7. The summed E-state index contributed by atoms with van der Waals surface area (Å²) in [6, 6.07) is 7.11. The predicted octanol–water partition coefficient (Wildman–Crippen LogP) is 2.11. The van der Waals surface area contributed by atoms with Crippen LogP contribution in [0, 0.1) is 0 Å². The molecule has 2 saturated heterocycles. The summed E-state index contributed by atoms with van der Waals surface area (Å²) in [5.41, 5.74) is 0.598. The molecule has 2 N–H and O–H groups in total. The van der Waals surface area contributed by atoms with Crippen LogP contribution in [0.5, 0.6) is 0 Å². The van der Waals surface area contributed by atoms with Crippen molar-refractivity contribution in [2.24, 2.45) is 0 Å². The van der Waals surface area contributed by atoms with Crippen LogP contribution in [-0.4, -0.2) is 58.6 Å². The normalized spacial score (nSPS) is 24.3. The van der Waals surface area contributed by atoms with Crippen molar-refractivity contribution in [2.45, 2.75) is 24.9 Å². The lowest BCUT2D eigenvalue weighted by Gasteiger charge is -2.39. The Morgan fingerprint density at radius 2 is 1.86 bits per heavy atom. The number of rotatable bonds is 3. The number of carbonyl (C=O) groups excluding carboxylic acids is 1. The van der Waals surface area contributed by atoms with E-state index in [1.807, 2.05) is 11.0 Å². The van der Waals surface area contributed by atoms with Gasteiger partial charge in [-0.15, -0.1) is 0 Å². The Morgan fingerprint density at radius 3 is 2.45 bits per heavy atom. The van der Waals surface area contributed by atoms with Crippen molar-refractivity contribution >= 4 is 29.3 Å². The van der Waals surface area contributed by atoms with Gasteiger partial charge in [-0.25, -0.2) is 4.79 Å². The van der Waals surface area contributed by atoms with Crippen LogP contribution in [-0.2, 0) is 4.79 Å². The third-order valence-electron chi connectivity index (χ3n) is 4.29. The zero-order valence-corrected chi connectivity index (χ0v) is 12.8. The molecule has 2 unspecified atom stereocenters. The fourth-order valence-electron chi connectivity index (χ4n) is 3.39. The van der Waals surface area contributed by atoms with Crippen LogP contribution >= 0.6 is 11.6 Å². The molecule has 0 aliphatic carbocycles. The molecule has 1 aromatic rings. The molecule has 2 fully saturated rings. The molecule has 2 amide bonds. The number of likely N-dealkylation sites (tertiary alicyclic amines) is 1. The van der Waals surface area contributed by atoms with E-state index in [0.29, 0.717) is 23.8 Å². The van der Waals surface area contributed by atoms with E-state index in [1.54, 1.807) is 23.1 Å². The van der Waals surface area contributed by atoms with Gasteiger partial charge in [-0.3, -0.25) is 14.6 Å². The fourth-order valence-corrected chi connectivity index (χ4v) is 3.57. The van der Waals surface area contributed by atoms with Crippen molar-refractivity contribution < 1.29 is 14.7 Å². The standard InChI is InChI=1S/C15H18ClN3O3/c16-12-3-1-2-4-13(12)17-14(20)9-18-7-10-5-6-11(8-18)19(10)15(21)22/h1-4,10-11H,5-9H2,(H,17,20)(H,21,22). The van der Waals surface area contributed by atoms with Crippen LogP contribution in [0.4, 0.5) is 10.5 Å². The number of benzene rings is 1. The molecule has 0 saturated carbocycles. The largest absolute Gasteiger partial charge is 0.465 e. The summed E-state index contributed by atoms with van der Waals surface area (Å²) in [5.74, 6) is -0.128. The second-order valence-corrected chi connectivity index (χ2v) is 6.20. The minimum absolute atomic E-state index is 0.00404. The number of para-hydroxylation sites is 1. The van der Waals surface area contributed by atoms with Gasteiger partial charge in [0.15, 0.2) is 0 Å². The predicted molar refractivity (Wildman–Crippen MR) is 83.2 cm³/mol. The molecule has 2 atom stereocenters. The highest BCUT2D eigenvalue weighted by molar-refractivity contribution is 6.33. The second kappa shape index (κ2) is 6.14. The maximum Gasteiger partial charge on any atom is 0.407 e. The summed E-state index contributed by atoms with van der Waals surface area (Å²) < 4.78 is 0. The summed E-state index contributed by atoms with van der Waals surface area (Å²) in [5, 5.41) is 12.5. The molecule has 7 heteroatoms. The van der Waals surface area contributed by atoms with Gasteiger partial charge in [0.2, 0.25) is 5.91 Å². The number of hydrogen-bond donors (Lipinski definition) is 2. The van der Waals surface area contributed by atoms with Crippen molar-refractivity contribution in [3.05, 3.63) is 29.3 Å². The molecule has 2 aliphatic rings. The first-order chi connectivity index (χ1) is 10.5. The smallest absolute Gasteiger partial charge is 0.407 e. The monoisotopic (exact) mass is 323 g/mol. The molecular weight excluding hydrogens is 306 g/mol. The van der Waals surface area contributed by atoms with E-state index in [2.05, 4.69) is 5.32 Å². The van der Waals surface area contributed by atoms with Gasteiger partial charge in [0.1, 0.15) is 0 Å². The van der Waals surface area contributed by atoms with Crippen molar-refractivity contribution in [1.29, 1.82) is 0 Å². The minimum atomic E-state index is -0.854. The summed E-state index contributed by atoms with van der Waals surface area (Å²) in [7, 11) is 0. The van der Waals surface area contributed by atoms with Crippen LogP contribution in [0.25, 0.3) is 0 Å². The highest BCUT2D eigenvalue weighted by Crippen LogP contribution is 2.30. The zero-order valence-electron chi connectivity index (χ0n) is 12.0. The van der Waals surface area contributed by atoms with E-state index >= 15 is 0 Å². The summed E-state index contributed by atoms with van der Waals surface area (Å²) in [4.78, 5) is 26.9. The SMILES string of the molecule is O=C(CN1CC2CCC(C1)N2C(=O)O)Nc1ccccc1Cl. The number of nitrogens with one attached hydrogen (secondary N) is 1. The highest BCUT2D eigenvalue weighted by atomic mass is 35.5. The van der Waals surface area contributed by atoms with Gasteiger partial charge in [0, 0.05) is 25.2 Å². The highest BCUT2D eigenvalue weighted by Gasteiger charge is 2.42. The number of carboxylic acid groups (broad SMARTS) is 1. The summed E-state index contributed by atoms with van der Waals surface area (Å²) in [6.07, 6.45) is 0.895.